The fraction of sp³-hybridized carbons (Fsp3) is 0.222. The number of hydrazine groups is 1. The molecule has 3 rings (SSSR count). The molecule has 0 atom stereocenters. The van der Waals surface area contributed by atoms with Crippen LogP contribution >= 0.6 is 11.3 Å². The maximum atomic E-state index is 13.3. The number of hydrogen-bond donors (Lipinski definition) is 2. The molecule has 0 aliphatic heterocycles. The van der Waals surface area contributed by atoms with Crippen molar-refractivity contribution in [2.45, 2.75) is 27.2 Å². The molecule has 2 amide bonds. The van der Waals surface area contributed by atoms with Crippen LogP contribution in [0.15, 0.2) is 28.7 Å². The van der Waals surface area contributed by atoms with Crippen molar-refractivity contribution in [3.8, 4) is 0 Å². The fourth-order valence-electron chi connectivity index (χ4n) is 2.62. The molecule has 0 saturated carbocycles. The Morgan fingerprint density at radius 1 is 1.16 bits per heavy atom. The fourth-order valence-corrected chi connectivity index (χ4v) is 3.63. The van der Waals surface area contributed by atoms with Gasteiger partial charge >= 0.3 is 5.91 Å². The second-order valence-corrected chi connectivity index (χ2v) is 6.81. The summed E-state index contributed by atoms with van der Waals surface area (Å²) < 4.78 is 18.8. The number of amides is 2. The molecule has 2 N–H and O–H groups in total. The van der Waals surface area contributed by atoms with Crippen LogP contribution in [0.1, 0.15) is 43.2 Å². The van der Waals surface area contributed by atoms with Crippen molar-refractivity contribution in [3.63, 3.8) is 0 Å². The van der Waals surface area contributed by atoms with Gasteiger partial charge in [-0.1, -0.05) is 6.92 Å². The molecule has 0 saturated heterocycles. The average molecular weight is 360 g/mol. The van der Waals surface area contributed by atoms with Crippen molar-refractivity contribution in [2.24, 2.45) is 0 Å². The quantitative estimate of drug-likeness (QED) is 0.696. The van der Waals surface area contributed by atoms with Gasteiger partial charge in [-0.3, -0.25) is 20.4 Å². The monoisotopic (exact) mass is 360 g/mol. The van der Waals surface area contributed by atoms with E-state index in [2.05, 4.69) is 10.9 Å². The number of hydrogen-bond acceptors (Lipinski definition) is 4. The summed E-state index contributed by atoms with van der Waals surface area (Å²) in [4.78, 5) is 26.1. The minimum absolute atomic E-state index is 0.0394. The van der Waals surface area contributed by atoms with Crippen LogP contribution in [0.3, 0.4) is 0 Å². The number of aryl methyl sites for hydroxylation is 3. The molecule has 0 aliphatic rings. The number of benzene rings is 1. The van der Waals surface area contributed by atoms with Crippen LogP contribution in [-0.2, 0) is 6.42 Å². The number of furan rings is 1. The molecule has 0 bridgehead atoms. The third-order valence-electron chi connectivity index (χ3n) is 3.96. The molecule has 2 heterocycles. The minimum atomic E-state index is -0.591. The first kappa shape index (κ1) is 17.2. The van der Waals surface area contributed by atoms with E-state index in [4.69, 9.17) is 4.42 Å². The van der Waals surface area contributed by atoms with Crippen LogP contribution in [0.4, 0.5) is 4.39 Å². The zero-order chi connectivity index (χ0) is 18.1. The van der Waals surface area contributed by atoms with E-state index in [1.807, 2.05) is 13.8 Å². The molecule has 3 aromatic rings. The number of fused-ring (bicyclic) bond motifs is 1. The molecule has 0 unspecified atom stereocenters. The van der Waals surface area contributed by atoms with Crippen LogP contribution in [0.25, 0.3) is 11.0 Å². The zero-order valence-electron chi connectivity index (χ0n) is 14.0. The number of rotatable bonds is 3. The van der Waals surface area contributed by atoms with Crippen molar-refractivity contribution in [3.05, 3.63) is 56.7 Å². The summed E-state index contributed by atoms with van der Waals surface area (Å²) in [7, 11) is 0. The number of carbonyl (C=O) groups excluding carboxylic acids is 2. The lowest BCUT2D eigenvalue weighted by Crippen LogP contribution is -2.41. The molecule has 0 aliphatic carbocycles. The molecule has 0 fully saturated rings. The van der Waals surface area contributed by atoms with E-state index >= 15 is 0 Å². The van der Waals surface area contributed by atoms with Gasteiger partial charge in [0, 0.05) is 15.8 Å². The molecular weight excluding hydrogens is 343 g/mol. The molecule has 0 radical (unpaired) electrons. The van der Waals surface area contributed by atoms with Gasteiger partial charge in [0.25, 0.3) is 5.91 Å². The van der Waals surface area contributed by atoms with E-state index in [0.717, 1.165) is 16.9 Å². The Hall–Kier alpha value is -2.67. The molecule has 25 heavy (non-hydrogen) atoms. The highest BCUT2D eigenvalue weighted by molar-refractivity contribution is 7.14. The Labute approximate surface area is 147 Å². The van der Waals surface area contributed by atoms with Crippen molar-refractivity contribution < 1.29 is 18.4 Å². The van der Waals surface area contributed by atoms with Gasteiger partial charge in [-0.05, 0) is 50.1 Å². The van der Waals surface area contributed by atoms with E-state index in [9.17, 15) is 14.0 Å². The van der Waals surface area contributed by atoms with Crippen LogP contribution < -0.4 is 10.9 Å². The number of thiophene rings is 1. The third-order valence-corrected chi connectivity index (χ3v) is 5.34. The van der Waals surface area contributed by atoms with Gasteiger partial charge < -0.3 is 4.42 Å². The van der Waals surface area contributed by atoms with Gasteiger partial charge in [-0.25, -0.2) is 4.39 Å². The van der Waals surface area contributed by atoms with Crippen LogP contribution in [0.5, 0.6) is 0 Å². The number of carbonyl (C=O) groups is 2. The predicted molar refractivity (Wildman–Crippen MR) is 94.3 cm³/mol. The smallest absolute Gasteiger partial charge is 0.305 e. The normalized spacial score (nSPS) is 10.9. The molecule has 0 spiro atoms. The summed E-state index contributed by atoms with van der Waals surface area (Å²) in [6.07, 6.45) is 0.852. The summed E-state index contributed by atoms with van der Waals surface area (Å²) in [5, 5.41) is 0.526. The lowest BCUT2D eigenvalue weighted by molar-refractivity contribution is 0.0833. The Morgan fingerprint density at radius 2 is 1.88 bits per heavy atom. The Balaban J connectivity index is 1.74. The van der Waals surface area contributed by atoms with Crippen LogP contribution in [0, 0.1) is 19.7 Å². The van der Waals surface area contributed by atoms with Crippen LogP contribution in [-0.4, -0.2) is 11.8 Å². The molecule has 130 valence electrons. The number of nitrogens with one attached hydrogen (secondary N) is 2. The Kier molecular flexibility index (Phi) is 4.59. The van der Waals surface area contributed by atoms with Gasteiger partial charge in [0.2, 0.25) is 0 Å². The second-order valence-electron chi connectivity index (χ2n) is 5.68. The summed E-state index contributed by atoms with van der Waals surface area (Å²) in [6.45, 7) is 5.63. The highest BCUT2D eigenvalue weighted by Crippen LogP contribution is 2.26. The van der Waals surface area contributed by atoms with Crippen molar-refractivity contribution in [2.75, 3.05) is 0 Å². The summed E-state index contributed by atoms with van der Waals surface area (Å²) in [6, 6.07) is 5.83. The first-order valence-electron chi connectivity index (χ1n) is 7.79. The lowest BCUT2D eigenvalue weighted by Gasteiger charge is -2.04. The van der Waals surface area contributed by atoms with Gasteiger partial charge in [-0.2, -0.15) is 0 Å². The standard InChI is InChI=1S/C18H17FN2O3S/c1-4-14-9(2)7-15(25-14)17(22)20-21-18(23)16-10(3)12-8-11(19)5-6-13(12)24-16/h5-8H,4H2,1-3H3,(H,20,22)(H,21,23). The summed E-state index contributed by atoms with van der Waals surface area (Å²) in [5.74, 6) is -1.35. The largest absolute Gasteiger partial charge is 0.451 e. The minimum Gasteiger partial charge on any atom is -0.451 e. The van der Waals surface area contributed by atoms with Crippen LogP contribution in [0.2, 0.25) is 0 Å². The molecule has 5 nitrogen and oxygen atoms in total. The van der Waals surface area contributed by atoms with E-state index in [1.165, 1.54) is 29.5 Å². The van der Waals surface area contributed by atoms with Gasteiger partial charge in [0.15, 0.2) is 5.76 Å². The zero-order valence-corrected chi connectivity index (χ0v) is 14.8. The van der Waals surface area contributed by atoms with Gasteiger partial charge in [0.1, 0.15) is 11.4 Å². The summed E-state index contributed by atoms with van der Waals surface area (Å²) in [5.41, 5.74) is 6.71. The maximum Gasteiger partial charge on any atom is 0.305 e. The first-order chi connectivity index (χ1) is 11.9. The topological polar surface area (TPSA) is 71.3 Å². The average Bonchev–Trinajstić information content (AvgIpc) is 3.13. The Bertz CT molecular complexity index is 974. The molecule has 7 heteroatoms. The molecule has 1 aromatic carbocycles. The molecular formula is C18H17FN2O3S. The van der Waals surface area contributed by atoms with Crippen molar-refractivity contribution in [1.29, 1.82) is 0 Å². The SMILES string of the molecule is CCc1sc(C(=O)NNC(=O)c2oc3ccc(F)cc3c2C)cc1C. The Morgan fingerprint density at radius 3 is 2.56 bits per heavy atom. The first-order valence-corrected chi connectivity index (χ1v) is 8.61. The van der Waals surface area contributed by atoms with E-state index < -0.39 is 11.7 Å². The maximum absolute atomic E-state index is 13.3. The highest BCUT2D eigenvalue weighted by Gasteiger charge is 2.19. The highest BCUT2D eigenvalue weighted by atomic mass is 32.1. The van der Waals surface area contributed by atoms with Gasteiger partial charge in [-0.15, -0.1) is 11.3 Å². The van der Waals surface area contributed by atoms with E-state index in [-0.39, 0.29) is 11.7 Å². The van der Waals surface area contributed by atoms with Gasteiger partial charge in [0.05, 0.1) is 4.88 Å². The predicted octanol–water partition coefficient (Wildman–Crippen LogP) is 3.89. The van der Waals surface area contributed by atoms with Crippen molar-refractivity contribution >= 4 is 34.1 Å². The van der Waals surface area contributed by atoms with E-state index in [1.54, 1.807) is 13.0 Å². The second kappa shape index (κ2) is 6.68. The number of halogens is 1. The van der Waals surface area contributed by atoms with E-state index in [0.29, 0.717) is 21.4 Å². The lowest BCUT2D eigenvalue weighted by atomic mass is 10.1. The molecule has 2 aromatic heterocycles. The third kappa shape index (κ3) is 3.28. The summed E-state index contributed by atoms with van der Waals surface area (Å²) >= 11 is 1.40. The van der Waals surface area contributed by atoms with Crippen molar-refractivity contribution in [1.82, 2.24) is 10.9 Å².